The Labute approximate surface area is 186 Å². The summed E-state index contributed by atoms with van der Waals surface area (Å²) < 4.78 is 117. The third-order valence-electron chi connectivity index (χ3n) is 5.68. The van der Waals surface area contributed by atoms with Gasteiger partial charge in [-0.1, -0.05) is 6.08 Å². The Morgan fingerprint density at radius 3 is 2.18 bits per heavy atom. The number of benzene rings is 1. The van der Waals surface area contributed by atoms with Gasteiger partial charge in [0.15, 0.2) is 23.6 Å². The molecule has 186 valence electrons. The van der Waals surface area contributed by atoms with Crippen molar-refractivity contribution in [3.63, 3.8) is 0 Å². The van der Waals surface area contributed by atoms with E-state index in [0.29, 0.717) is 12.8 Å². The van der Waals surface area contributed by atoms with Crippen LogP contribution in [0, 0.1) is 23.4 Å². The lowest BCUT2D eigenvalue weighted by atomic mass is 9.95. The molecule has 0 aromatic heterocycles. The van der Waals surface area contributed by atoms with E-state index in [0.717, 1.165) is 6.42 Å². The van der Waals surface area contributed by atoms with Crippen LogP contribution in [0.25, 0.3) is 0 Å². The number of rotatable bonds is 9. The van der Waals surface area contributed by atoms with Gasteiger partial charge in [0, 0.05) is 12.1 Å². The molecule has 2 heterocycles. The topological polar surface area (TPSA) is 36.9 Å². The van der Waals surface area contributed by atoms with Gasteiger partial charge in [0.05, 0.1) is 31.3 Å². The van der Waals surface area contributed by atoms with Crippen LogP contribution in [0.5, 0.6) is 5.75 Å². The van der Waals surface area contributed by atoms with Crippen molar-refractivity contribution in [2.45, 2.75) is 69.1 Å². The van der Waals surface area contributed by atoms with E-state index in [2.05, 4.69) is 11.3 Å². The second-order valence-corrected chi connectivity index (χ2v) is 8.16. The minimum absolute atomic E-state index is 0.112. The second kappa shape index (κ2) is 10.6. The monoisotopic (exact) mass is 486 g/mol. The second-order valence-electron chi connectivity index (χ2n) is 8.16. The lowest BCUT2D eigenvalue weighted by Gasteiger charge is -2.38. The van der Waals surface area contributed by atoms with Crippen molar-refractivity contribution in [2.75, 3.05) is 13.2 Å². The molecule has 2 fully saturated rings. The summed E-state index contributed by atoms with van der Waals surface area (Å²) >= 11 is 0. The average Bonchev–Trinajstić information content (AvgIpc) is 2.76. The highest BCUT2D eigenvalue weighted by Crippen LogP contribution is 2.38. The molecule has 0 radical (unpaired) electrons. The van der Waals surface area contributed by atoms with Crippen LogP contribution in [0.1, 0.15) is 38.5 Å². The van der Waals surface area contributed by atoms with Crippen LogP contribution in [0.15, 0.2) is 24.8 Å². The summed E-state index contributed by atoms with van der Waals surface area (Å²) in [5.41, 5.74) is 0. The number of hydrogen-bond donors (Lipinski definition) is 0. The largest absolute Gasteiger partial charge is 0.430 e. The van der Waals surface area contributed by atoms with E-state index in [-0.39, 0.29) is 37.7 Å². The van der Waals surface area contributed by atoms with E-state index in [1.807, 2.05) is 0 Å². The quantitative estimate of drug-likeness (QED) is 0.244. The number of ether oxygens (including phenoxy) is 4. The predicted octanol–water partition coefficient (Wildman–Crippen LogP) is 5.99. The normalized spacial score (nSPS) is 26.8. The SMILES string of the molecule is C=CCCC1CCC(C(F)(F)OC2CCC(C(F)(F)Oc3cc(F)c(F)c(F)c3)OC2)CO1. The zero-order valence-corrected chi connectivity index (χ0v) is 17.7. The fraction of sp³-hybridized carbons (Fsp3) is 0.636. The summed E-state index contributed by atoms with van der Waals surface area (Å²) in [6.07, 6.45) is -7.46. The summed E-state index contributed by atoms with van der Waals surface area (Å²) in [6, 6.07) is 0.547. The first-order chi connectivity index (χ1) is 15.5. The zero-order valence-electron chi connectivity index (χ0n) is 17.7. The maximum absolute atomic E-state index is 14.6. The Kier molecular flexibility index (Phi) is 8.28. The lowest BCUT2D eigenvalue weighted by Crippen LogP contribution is -2.48. The van der Waals surface area contributed by atoms with E-state index in [1.54, 1.807) is 6.08 Å². The van der Waals surface area contributed by atoms with Gasteiger partial charge in [-0.25, -0.2) is 13.2 Å². The first kappa shape index (κ1) is 25.8. The van der Waals surface area contributed by atoms with Crippen LogP contribution in [0.2, 0.25) is 0 Å². The molecule has 2 aliphatic rings. The lowest BCUT2D eigenvalue weighted by molar-refractivity contribution is -0.330. The molecule has 0 aliphatic carbocycles. The van der Waals surface area contributed by atoms with Crippen molar-refractivity contribution in [3.05, 3.63) is 42.2 Å². The molecule has 0 amide bonds. The van der Waals surface area contributed by atoms with Gasteiger partial charge in [-0.05, 0) is 38.5 Å². The van der Waals surface area contributed by atoms with Crippen LogP contribution in [-0.2, 0) is 14.2 Å². The van der Waals surface area contributed by atoms with Crippen molar-refractivity contribution in [2.24, 2.45) is 5.92 Å². The van der Waals surface area contributed by atoms with Crippen molar-refractivity contribution in [1.82, 2.24) is 0 Å². The highest BCUT2D eigenvalue weighted by atomic mass is 19.3. The van der Waals surface area contributed by atoms with Crippen LogP contribution in [0.3, 0.4) is 0 Å². The van der Waals surface area contributed by atoms with Crippen LogP contribution >= 0.6 is 0 Å². The standard InChI is InChI=1S/C22H25F7O4/c1-2-3-4-14-6-5-13(11-30-14)21(26,27)32-15-7-8-19(31-12-15)22(28,29)33-16-9-17(23)20(25)18(24)10-16/h2,9-10,13-15,19H,1,3-8,11-12H2. The molecule has 0 saturated carbocycles. The third kappa shape index (κ3) is 6.60. The summed E-state index contributed by atoms with van der Waals surface area (Å²) in [5.74, 6) is -7.31. The molecule has 2 saturated heterocycles. The van der Waals surface area contributed by atoms with E-state index in [1.165, 1.54) is 0 Å². The molecule has 3 rings (SSSR count). The molecule has 11 heteroatoms. The smallest absolute Gasteiger partial charge is 0.424 e. The van der Waals surface area contributed by atoms with Gasteiger partial charge in [0.25, 0.3) is 0 Å². The van der Waals surface area contributed by atoms with Gasteiger partial charge >= 0.3 is 12.2 Å². The molecule has 1 aromatic rings. The molecule has 0 bridgehead atoms. The van der Waals surface area contributed by atoms with Gasteiger partial charge in [-0.2, -0.15) is 17.6 Å². The van der Waals surface area contributed by atoms with E-state index < -0.39 is 66.6 Å². The molecular formula is C22H25F7O4. The number of allylic oxidation sites excluding steroid dienone is 1. The van der Waals surface area contributed by atoms with E-state index in [9.17, 15) is 30.7 Å². The summed E-state index contributed by atoms with van der Waals surface area (Å²) in [7, 11) is 0. The van der Waals surface area contributed by atoms with Gasteiger partial charge in [0.2, 0.25) is 0 Å². The van der Waals surface area contributed by atoms with Crippen LogP contribution in [-0.4, -0.2) is 43.7 Å². The molecular weight excluding hydrogens is 461 g/mol. The fourth-order valence-electron chi connectivity index (χ4n) is 3.82. The molecule has 4 unspecified atom stereocenters. The minimum Gasteiger partial charge on any atom is -0.430 e. The Morgan fingerprint density at radius 1 is 0.939 bits per heavy atom. The zero-order chi connectivity index (χ0) is 24.2. The highest BCUT2D eigenvalue weighted by Gasteiger charge is 2.49. The molecule has 33 heavy (non-hydrogen) atoms. The van der Waals surface area contributed by atoms with Gasteiger partial charge in [-0.3, -0.25) is 0 Å². The number of hydrogen-bond acceptors (Lipinski definition) is 4. The van der Waals surface area contributed by atoms with Crippen molar-refractivity contribution >= 4 is 0 Å². The van der Waals surface area contributed by atoms with Crippen molar-refractivity contribution < 1.29 is 49.7 Å². The predicted molar refractivity (Wildman–Crippen MR) is 103 cm³/mol. The maximum atomic E-state index is 14.6. The van der Waals surface area contributed by atoms with Crippen molar-refractivity contribution in [1.29, 1.82) is 0 Å². The van der Waals surface area contributed by atoms with Crippen LogP contribution < -0.4 is 4.74 Å². The molecule has 0 N–H and O–H groups in total. The summed E-state index contributed by atoms with van der Waals surface area (Å²) in [5, 5.41) is 0. The van der Waals surface area contributed by atoms with Crippen LogP contribution in [0.4, 0.5) is 30.7 Å². The Morgan fingerprint density at radius 2 is 1.64 bits per heavy atom. The van der Waals surface area contributed by atoms with Gasteiger partial charge < -0.3 is 18.9 Å². The fourth-order valence-corrected chi connectivity index (χ4v) is 3.82. The minimum atomic E-state index is -4.04. The van der Waals surface area contributed by atoms with E-state index >= 15 is 0 Å². The highest BCUT2D eigenvalue weighted by molar-refractivity contribution is 5.25. The van der Waals surface area contributed by atoms with Gasteiger partial charge in [0.1, 0.15) is 5.75 Å². The Hall–Kier alpha value is -1.85. The molecule has 0 spiro atoms. The molecule has 1 aromatic carbocycles. The average molecular weight is 486 g/mol. The molecule has 4 atom stereocenters. The first-order valence-electron chi connectivity index (χ1n) is 10.6. The summed E-state index contributed by atoms with van der Waals surface area (Å²) in [6.45, 7) is 2.88. The molecule has 2 aliphatic heterocycles. The van der Waals surface area contributed by atoms with Crippen molar-refractivity contribution in [3.8, 4) is 5.75 Å². The molecule has 4 nitrogen and oxygen atoms in total. The number of halogens is 7. The van der Waals surface area contributed by atoms with Gasteiger partial charge in [-0.15, -0.1) is 6.58 Å². The van der Waals surface area contributed by atoms with E-state index in [4.69, 9.17) is 14.2 Å². The maximum Gasteiger partial charge on any atom is 0.424 e. The Bertz CT molecular complexity index is 781. The first-order valence-corrected chi connectivity index (χ1v) is 10.6. The third-order valence-corrected chi connectivity index (χ3v) is 5.68. The Balaban J connectivity index is 1.49. The summed E-state index contributed by atoms with van der Waals surface area (Å²) in [4.78, 5) is 0. The number of alkyl halides is 4.